The number of nitrogens with one attached hydrogen (secondary N) is 1. The number of aliphatic hydroxyl groups is 1. The van der Waals surface area contributed by atoms with Crippen molar-refractivity contribution in [2.45, 2.75) is 76.3 Å². The molecule has 1 aliphatic carbocycles. The number of aliphatic hydroxyl groups excluding tert-OH is 1. The predicted molar refractivity (Wildman–Crippen MR) is 131 cm³/mol. The van der Waals surface area contributed by atoms with Crippen molar-refractivity contribution in [3.63, 3.8) is 0 Å². The molecule has 0 saturated carbocycles. The molecule has 4 rings (SSSR count). The second-order valence-electron chi connectivity index (χ2n) is 10.7. The zero-order valence-corrected chi connectivity index (χ0v) is 20.3. The summed E-state index contributed by atoms with van der Waals surface area (Å²) in [5.74, 6) is 0. The molecule has 0 bridgehead atoms. The molecule has 0 radical (unpaired) electrons. The first kappa shape index (κ1) is 22.7. The van der Waals surface area contributed by atoms with Crippen molar-refractivity contribution in [3.05, 3.63) is 34.7 Å². The van der Waals surface area contributed by atoms with Gasteiger partial charge in [0.1, 0.15) is 0 Å². The van der Waals surface area contributed by atoms with Crippen LogP contribution in [0.1, 0.15) is 64.5 Å². The van der Waals surface area contributed by atoms with Crippen LogP contribution in [0.3, 0.4) is 0 Å². The summed E-state index contributed by atoms with van der Waals surface area (Å²) in [5, 5.41) is 15.9. The van der Waals surface area contributed by atoms with Gasteiger partial charge in [0.15, 0.2) is 5.13 Å². The normalized spacial score (nSPS) is 21.7. The van der Waals surface area contributed by atoms with E-state index in [2.05, 4.69) is 61.5 Å². The number of rotatable bonds is 6. The first-order valence-electron chi connectivity index (χ1n) is 11.7. The minimum atomic E-state index is -0.174. The zero-order chi connectivity index (χ0) is 22.2. The Balaban J connectivity index is 1.45. The van der Waals surface area contributed by atoms with E-state index >= 15 is 0 Å². The molecule has 31 heavy (non-hydrogen) atoms. The summed E-state index contributed by atoms with van der Waals surface area (Å²) < 4.78 is 0. The average Bonchev–Trinajstić information content (AvgIpc) is 3.26. The first-order chi connectivity index (χ1) is 14.7. The molecule has 5 nitrogen and oxygen atoms in total. The molecule has 0 amide bonds. The number of fused-ring (bicyclic) bond motifs is 1. The van der Waals surface area contributed by atoms with Crippen LogP contribution in [0.25, 0.3) is 11.3 Å². The second kappa shape index (κ2) is 8.81. The summed E-state index contributed by atoms with van der Waals surface area (Å²) in [7, 11) is 0. The predicted octanol–water partition coefficient (Wildman–Crippen LogP) is 4.04. The SMILES string of the molecule is CC1(C)CCC(C)(C)c2cc(-c3csc(N4CCC(NC[C@H](N)CO)CC4)n3)ccc21. The van der Waals surface area contributed by atoms with E-state index in [-0.39, 0.29) is 23.5 Å². The summed E-state index contributed by atoms with van der Waals surface area (Å²) in [6, 6.07) is 7.31. The van der Waals surface area contributed by atoms with Crippen LogP contribution >= 0.6 is 11.3 Å². The lowest BCUT2D eigenvalue weighted by molar-refractivity contribution is 0.256. The molecule has 4 N–H and O–H groups in total. The maximum absolute atomic E-state index is 9.09. The van der Waals surface area contributed by atoms with Crippen LogP contribution in [-0.2, 0) is 10.8 Å². The highest BCUT2D eigenvalue weighted by Gasteiger charge is 2.37. The van der Waals surface area contributed by atoms with E-state index in [0.717, 1.165) is 36.8 Å². The minimum Gasteiger partial charge on any atom is -0.395 e. The molecule has 1 saturated heterocycles. The Bertz CT molecular complexity index is 899. The number of hydrogen-bond acceptors (Lipinski definition) is 6. The Kier molecular flexibility index (Phi) is 6.46. The molecule has 1 aromatic heterocycles. The fraction of sp³-hybridized carbons (Fsp3) is 0.640. The lowest BCUT2D eigenvalue weighted by Crippen LogP contribution is -2.47. The van der Waals surface area contributed by atoms with Crippen LogP contribution in [-0.4, -0.2) is 48.4 Å². The molecule has 1 aliphatic heterocycles. The number of aromatic nitrogens is 1. The number of piperidine rings is 1. The van der Waals surface area contributed by atoms with Crippen LogP contribution in [0.15, 0.2) is 23.6 Å². The summed E-state index contributed by atoms with van der Waals surface area (Å²) >= 11 is 1.75. The van der Waals surface area contributed by atoms with Crippen molar-refractivity contribution in [2.24, 2.45) is 5.73 Å². The quantitative estimate of drug-likeness (QED) is 0.630. The molecule has 2 heterocycles. The van der Waals surface area contributed by atoms with E-state index < -0.39 is 0 Å². The number of thiazole rings is 1. The summed E-state index contributed by atoms with van der Waals surface area (Å²) in [6.07, 6.45) is 4.62. The molecular formula is C25H38N4OS. The lowest BCUT2D eigenvalue weighted by atomic mass is 9.63. The molecule has 1 atom stereocenters. The number of nitrogens with zero attached hydrogens (tertiary/aromatic N) is 2. The fourth-order valence-electron chi connectivity index (χ4n) is 4.95. The van der Waals surface area contributed by atoms with Crippen molar-refractivity contribution in [1.29, 1.82) is 0 Å². The molecule has 170 valence electrons. The average molecular weight is 443 g/mol. The minimum absolute atomic E-state index is 0.0328. The number of hydrogen-bond donors (Lipinski definition) is 3. The Morgan fingerprint density at radius 2 is 1.84 bits per heavy atom. The van der Waals surface area contributed by atoms with E-state index in [1.165, 1.54) is 29.5 Å². The van der Waals surface area contributed by atoms with Crippen molar-refractivity contribution in [1.82, 2.24) is 10.3 Å². The van der Waals surface area contributed by atoms with Crippen molar-refractivity contribution >= 4 is 16.5 Å². The monoisotopic (exact) mass is 442 g/mol. The Hall–Kier alpha value is -1.47. The largest absolute Gasteiger partial charge is 0.395 e. The molecule has 0 unspecified atom stereocenters. The van der Waals surface area contributed by atoms with Crippen molar-refractivity contribution in [3.8, 4) is 11.3 Å². The number of benzene rings is 1. The smallest absolute Gasteiger partial charge is 0.185 e. The highest BCUT2D eigenvalue weighted by Crippen LogP contribution is 2.46. The van der Waals surface area contributed by atoms with E-state index in [4.69, 9.17) is 15.8 Å². The molecule has 0 spiro atoms. The van der Waals surface area contributed by atoms with Gasteiger partial charge in [0.2, 0.25) is 0 Å². The Morgan fingerprint density at radius 1 is 1.16 bits per heavy atom. The van der Waals surface area contributed by atoms with E-state index in [0.29, 0.717) is 12.6 Å². The van der Waals surface area contributed by atoms with Gasteiger partial charge in [0, 0.05) is 42.7 Å². The van der Waals surface area contributed by atoms with Gasteiger partial charge in [0.05, 0.1) is 12.3 Å². The third-order valence-corrected chi connectivity index (χ3v) is 8.21. The fourth-order valence-corrected chi connectivity index (χ4v) is 5.84. The molecule has 1 fully saturated rings. The second-order valence-corrected chi connectivity index (χ2v) is 11.5. The van der Waals surface area contributed by atoms with Crippen LogP contribution in [0.2, 0.25) is 0 Å². The molecule has 2 aliphatic rings. The van der Waals surface area contributed by atoms with Gasteiger partial charge in [-0.2, -0.15) is 0 Å². The van der Waals surface area contributed by atoms with Crippen LogP contribution in [0.5, 0.6) is 0 Å². The van der Waals surface area contributed by atoms with Crippen molar-refractivity contribution in [2.75, 3.05) is 31.1 Å². The van der Waals surface area contributed by atoms with Gasteiger partial charge in [-0.25, -0.2) is 4.98 Å². The van der Waals surface area contributed by atoms with Crippen LogP contribution in [0.4, 0.5) is 5.13 Å². The van der Waals surface area contributed by atoms with E-state index in [1.807, 2.05) is 0 Å². The summed E-state index contributed by atoms with van der Waals surface area (Å²) in [6.45, 7) is 12.2. The number of anilines is 1. The third kappa shape index (κ3) is 4.82. The van der Waals surface area contributed by atoms with Gasteiger partial charge >= 0.3 is 0 Å². The lowest BCUT2D eigenvalue weighted by Gasteiger charge is -2.42. The van der Waals surface area contributed by atoms with Crippen molar-refractivity contribution < 1.29 is 5.11 Å². The number of nitrogens with two attached hydrogens (primary N) is 1. The molecule has 2 aromatic rings. The first-order valence-corrected chi connectivity index (χ1v) is 12.5. The standard InChI is InChI=1S/C25H38N4OS/c1-24(2)9-10-25(3,4)21-13-17(5-6-20(21)24)22-16-31-23(28-22)29-11-7-19(8-12-29)27-14-18(26)15-30/h5-6,13,16,18-19,27,30H,7-12,14-15,26H2,1-4H3/t18-/m0/s1. The molecule has 6 heteroatoms. The van der Waals surface area contributed by atoms with Gasteiger partial charge in [-0.1, -0.05) is 39.8 Å². The van der Waals surface area contributed by atoms with Gasteiger partial charge in [0.25, 0.3) is 0 Å². The summed E-state index contributed by atoms with van der Waals surface area (Å²) in [5.41, 5.74) is 11.6. The van der Waals surface area contributed by atoms with E-state index in [1.54, 1.807) is 11.3 Å². The highest BCUT2D eigenvalue weighted by molar-refractivity contribution is 7.14. The Labute approximate surface area is 191 Å². The molecular weight excluding hydrogens is 404 g/mol. The van der Waals surface area contributed by atoms with Crippen LogP contribution < -0.4 is 16.0 Å². The maximum atomic E-state index is 9.09. The van der Waals surface area contributed by atoms with Crippen LogP contribution in [0, 0.1) is 0 Å². The van der Waals surface area contributed by atoms with Gasteiger partial charge in [-0.3, -0.25) is 0 Å². The molecule has 1 aromatic carbocycles. The Morgan fingerprint density at radius 3 is 2.52 bits per heavy atom. The highest BCUT2D eigenvalue weighted by atomic mass is 32.1. The van der Waals surface area contributed by atoms with Gasteiger partial charge in [-0.15, -0.1) is 11.3 Å². The van der Waals surface area contributed by atoms with Gasteiger partial charge < -0.3 is 21.1 Å². The van der Waals surface area contributed by atoms with Gasteiger partial charge in [-0.05, 0) is 53.7 Å². The van der Waals surface area contributed by atoms with E-state index in [9.17, 15) is 0 Å². The zero-order valence-electron chi connectivity index (χ0n) is 19.4. The summed E-state index contributed by atoms with van der Waals surface area (Å²) in [4.78, 5) is 7.43. The third-order valence-electron chi connectivity index (χ3n) is 7.31. The topological polar surface area (TPSA) is 74.4 Å². The maximum Gasteiger partial charge on any atom is 0.185 e.